The van der Waals surface area contributed by atoms with E-state index in [4.69, 9.17) is 11.6 Å². The van der Waals surface area contributed by atoms with Gasteiger partial charge in [0.25, 0.3) is 11.8 Å². The van der Waals surface area contributed by atoms with Crippen molar-refractivity contribution in [2.45, 2.75) is 27.7 Å². The number of aryl methyl sites for hydroxylation is 4. The minimum absolute atomic E-state index is 0.254. The van der Waals surface area contributed by atoms with Crippen LogP contribution in [0.25, 0.3) is 5.57 Å². The first-order valence-corrected chi connectivity index (χ1v) is 10.4. The van der Waals surface area contributed by atoms with Crippen molar-refractivity contribution in [2.75, 3.05) is 10.2 Å². The number of hydrogen-bond acceptors (Lipinski definition) is 3. The second-order valence-corrected chi connectivity index (χ2v) is 8.32. The predicted molar refractivity (Wildman–Crippen MR) is 126 cm³/mol. The largest absolute Gasteiger partial charge is 0.350 e. The highest BCUT2D eigenvalue weighted by molar-refractivity contribution is 6.48. The molecule has 0 saturated heterocycles. The van der Waals surface area contributed by atoms with Gasteiger partial charge in [0, 0.05) is 5.69 Å². The Kier molecular flexibility index (Phi) is 5.42. The zero-order chi connectivity index (χ0) is 22.3. The van der Waals surface area contributed by atoms with Crippen LogP contribution < -0.4 is 10.2 Å². The van der Waals surface area contributed by atoms with Gasteiger partial charge >= 0.3 is 0 Å². The molecule has 0 bridgehead atoms. The van der Waals surface area contributed by atoms with Gasteiger partial charge in [-0.1, -0.05) is 65.2 Å². The second-order valence-electron chi connectivity index (χ2n) is 7.91. The molecule has 1 N–H and O–H groups in total. The molecule has 4 nitrogen and oxygen atoms in total. The van der Waals surface area contributed by atoms with E-state index in [-0.39, 0.29) is 5.70 Å². The smallest absolute Gasteiger partial charge is 0.282 e. The number of para-hydroxylation sites is 1. The summed E-state index contributed by atoms with van der Waals surface area (Å²) < 4.78 is 0. The number of hydrogen-bond donors (Lipinski definition) is 1. The number of carbonyl (C=O) groups is 2. The van der Waals surface area contributed by atoms with Crippen LogP contribution in [0.4, 0.5) is 11.4 Å². The Hall–Kier alpha value is -3.37. The quantitative estimate of drug-likeness (QED) is 0.518. The molecule has 0 aromatic heterocycles. The molecule has 0 saturated carbocycles. The van der Waals surface area contributed by atoms with E-state index in [1.807, 2.05) is 64.1 Å². The third-order valence-electron chi connectivity index (χ3n) is 5.47. The van der Waals surface area contributed by atoms with Gasteiger partial charge in [-0.3, -0.25) is 9.59 Å². The number of benzene rings is 3. The summed E-state index contributed by atoms with van der Waals surface area (Å²) in [5.41, 5.74) is 6.62. The molecule has 0 unspecified atom stereocenters. The van der Waals surface area contributed by atoms with Crippen LogP contribution in [-0.2, 0) is 9.59 Å². The number of rotatable bonds is 4. The van der Waals surface area contributed by atoms with Gasteiger partial charge in [-0.15, -0.1) is 0 Å². The lowest BCUT2D eigenvalue weighted by atomic mass is 9.97. The summed E-state index contributed by atoms with van der Waals surface area (Å²) in [7, 11) is 0. The summed E-state index contributed by atoms with van der Waals surface area (Å²) in [6, 6.07) is 18.7. The molecular weight excluding hydrogens is 408 g/mol. The van der Waals surface area contributed by atoms with Gasteiger partial charge in [-0.25, -0.2) is 4.90 Å². The van der Waals surface area contributed by atoms with Crippen molar-refractivity contribution in [1.29, 1.82) is 0 Å². The Morgan fingerprint density at radius 1 is 0.774 bits per heavy atom. The summed E-state index contributed by atoms with van der Waals surface area (Å²) >= 11 is 6.35. The van der Waals surface area contributed by atoms with Crippen molar-refractivity contribution in [3.05, 3.63) is 99.2 Å². The van der Waals surface area contributed by atoms with E-state index in [1.54, 1.807) is 24.3 Å². The number of nitrogens with one attached hydrogen (secondary N) is 1. The molecule has 0 aliphatic carbocycles. The Labute approximate surface area is 187 Å². The average molecular weight is 431 g/mol. The number of amides is 2. The number of halogens is 1. The van der Waals surface area contributed by atoms with Crippen LogP contribution in [0, 0.1) is 27.7 Å². The highest BCUT2D eigenvalue weighted by Crippen LogP contribution is 2.38. The van der Waals surface area contributed by atoms with Crippen LogP contribution >= 0.6 is 11.6 Å². The van der Waals surface area contributed by atoms with Crippen molar-refractivity contribution >= 4 is 40.4 Å². The SMILES string of the molecule is Cc1ccc(NC2=C(c3ccc(C)cc3C)C(=O)N(c3ccccc3Cl)C2=O)c(C)c1. The summed E-state index contributed by atoms with van der Waals surface area (Å²) in [6.07, 6.45) is 0. The molecular formula is C26H23ClN2O2. The number of carbonyl (C=O) groups excluding carboxylic acids is 2. The van der Waals surface area contributed by atoms with Gasteiger partial charge in [0.1, 0.15) is 5.70 Å². The van der Waals surface area contributed by atoms with Crippen molar-refractivity contribution < 1.29 is 9.59 Å². The number of anilines is 2. The van der Waals surface area contributed by atoms with Gasteiger partial charge in [0.2, 0.25) is 0 Å². The molecule has 0 atom stereocenters. The molecule has 31 heavy (non-hydrogen) atoms. The topological polar surface area (TPSA) is 49.4 Å². The van der Waals surface area contributed by atoms with Crippen LogP contribution in [0.3, 0.4) is 0 Å². The molecule has 2 amide bonds. The van der Waals surface area contributed by atoms with Crippen molar-refractivity contribution in [1.82, 2.24) is 0 Å². The first-order valence-electron chi connectivity index (χ1n) is 10.1. The van der Waals surface area contributed by atoms with Crippen molar-refractivity contribution in [2.24, 2.45) is 0 Å². The monoisotopic (exact) mass is 430 g/mol. The fourth-order valence-electron chi connectivity index (χ4n) is 3.93. The fourth-order valence-corrected chi connectivity index (χ4v) is 4.15. The highest BCUT2D eigenvalue weighted by atomic mass is 35.5. The lowest BCUT2D eigenvalue weighted by Gasteiger charge is -2.17. The maximum atomic E-state index is 13.6. The van der Waals surface area contributed by atoms with E-state index in [0.717, 1.165) is 38.4 Å². The average Bonchev–Trinajstić information content (AvgIpc) is 2.94. The Bertz CT molecular complexity index is 1260. The highest BCUT2D eigenvalue weighted by Gasteiger charge is 2.41. The normalized spacial score (nSPS) is 13.9. The minimum Gasteiger partial charge on any atom is -0.350 e. The van der Waals surface area contributed by atoms with E-state index in [9.17, 15) is 9.59 Å². The third kappa shape index (κ3) is 3.75. The molecule has 156 valence electrons. The predicted octanol–water partition coefficient (Wildman–Crippen LogP) is 5.97. The van der Waals surface area contributed by atoms with Gasteiger partial charge < -0.3 is 5.32 Å². The zero-order valence-corrected chi connectivity index (χ0v) is 18.7. The Balaban J connectivity index is 1.89. The van der Waals surface area contributed by atoms with E-state index < -0.39 is 11.8 Å². The van der Waals surface area contributed by atoms with Crippen LogP contribution in [0.15, 0.2) is 66.4 Å². The molecule has 4 rings (SSSR count). The number of imide groups is 1. The third-order valence-corrected chi connectivity index (χ3v) is 5.79. The van der Waals surface area contributed by atoms with E-state index in [1.165, 1.54) is 0 Å². The summed E-state index contributed by atoms with van der Waals surface area (Å²) in [6.45, 7) is 7.93. The van der Waals surface area contributed by atoms with Crippen molar-refractivity contribution in [3.8, 4) is 0 Å². The molecule has 0 radical (unpaired) electrons. The molecule has 1 heterocycles. The van der Waals surface area contributed by atoms with Crippen LogP contribution in [0.2, 0.25) is 5.02 Å². The lowest BCUT2D eigenvalue weighted by molar-refractivity contribution is -0.120. The van der Waals surface area contributed by atoms with E-state index in [2.05, 4.69) is 5.32 Å². The summed E-state index contributed by atoms with van der Waals surface area (Å²) in [4.78, 5) is 28.3. The Morgan fingerprint density at radius 3 is 2.06 bits per heavy atom. The molecule has 5 heteroatoms. The first kappa shape index (κ1) is 20.9. The van der Waals surface area contributed by atoms with E-state index in [0.29, 0.717) is 16.3 Å². The second kappa shape index (κ2) is 8.05. The molecule has 0 spiro atoms. The first-order chi connectivity index (χ1) is 14.8. The van der Waals surface area contributed by atoms with Gasteiger partial charge in [0.05, 0.1) is 16.3 Å². The fraction of sp³-hybridized carbons (Fsp3) is 0.154. The van der Waals surface area contributed by atoms with Gasteiger partial charge in [0.15, 0.2) is 0 Å². The van der Waals surface area contributed by atoms with Gasteiger partial charge in [-0.05, 0) is 62.6 Å². The standard InChI is InChI=1S/C26H23ClN2O2/c1-15-9-11-19(17(3)13-15)23-24(28-21-12-10-16(2)14-18(21)4)26(31)29(25(23)30)22-8-6-5-7-20(22)27/h5-14,28H,1-4H3. The van der Waals surface area contributed by atoms with Crippen LogP contribution in [0.5, 0.6) is 0 Å². The van der Waals surface area contributed by atoms with Crippen LogP contribution in [0.1, 0.15) is 27.8 Å². The maximum absolute atomic E-state index is 13.6. The molecule has 0 fully saturated rings. The lowest BCUT2D eigenvalue weighted by Crippen LogP contribution is -2.32. The molecule has 1 aliphatic heterocycles. The number of nitrogens with zero attached hydrogens (tertiary/aromatic N) is 1. The van der Waals surface area contributed by atoms with E-state index >= 15 is 0 Å². The van der Waals surface area contributed by atoms with Crippen molar-refractivity contribution in [3.63, 3.8) is 0 Å². The summed E-state index contributed by atoms with van der Waals surface area (Å²) in [5.74, 6) is -0.814. The molecule has 3 aromatic rings. The zero-order valence-electron chi connectivity index (χ0n) is 17.9. The molecule has 3 aromatic carbocycles. The maximum Gasteiger partial charge on any atom is 0.282 e. The molecule has 1 aliphatic rings. The minimum atomic E-state index is -0.423. The summed E-state index contributed by atoms with van der Waals surface area (Å²) in [5, 5.41) is 3.60. The Morgan fingerprint density at radius 2 is 1.42 bits per heavy atom. The van der Waals surface area contributed by atoms with Crippen LogP contribution in [-0.4, -0.2) is 11.8 Å². The van der Waals surface area contributed by atoms with Gasteiger partial charge in [-0.2, -0.15) is 0 Å².